The SMILES string of the molecule is CSc1ncccc1C1CCCCN1CC(C)C. The summed E-state index contributed by atoms with van der Waals surface area (Å²) in [7, 11) is 0. The molecule has 3 heteroatoms. The van der Waals surface area contributed by atoms with E-state index in [1.54, 1.807) is 11.8 Å². The minimum atomic E-state index is 0.581. The van der Waals surface area contributed by atoms with Gasteiger partial charge in [0.25, 0.3) is 0 Å². The molecule has 1 aromatic rings. The Hall–Kier alpha value is -0.540. The van der Waals surface area contributed by atoms with Gasteiger partial charge >= 0.3 is 0 Å². The van der Waals surface area contributed by atoms with Gasteiger partial charge in [0.2, 0.25) is 0 Å². The van der Waals surface area contributed by atoms with Crippen molar-refractivity contribution in [1.82, 2.24) is 9.88 Å². The van der Waals surface area contributed by atoms with Crippen molar-refractivity contribution in [3.8, 4) is 0 Å². The van der Waals surface area contributed by atoms with Crippen molar-refractivity contribution >= 4 is 11.8 Å². The Bertz CT molecular complexity index is 379. The van der Waals surface area contributed by atoms with Crippen LogP contribution >= 0.6 is 11.8 Å². The summed E-state index contributed by atoms with van der Waals surface area (Å²) in [5, 5.41) is 1.21. The second kappa shape index (κ2) is 6.58. The third-order valence-electron chi connectivity index (χ3n) is 3.57. The van der Waals surface area contributed by atoms with Gasteiger partial charge in [-0.15, -0.1) is 11.8 Å². The van der Waals surface area contributed by atoms with Crippen molar-refractivity contribution < 1.29 is 0 Å². The normalized spacial score (nSPS) is 21.4. The molecular formula is C15H24N2S. The first-order valence-corrected chi connectivity index (χ1v) is 8.17. The topological polar surface area (TPSA) is 16.1 Å². The number of likely N-dealkylation sites (tertiary alicyclic amines) is 1. The van der Waals surface area contributed by atoms with Crippen molar-refractivity contribution in [2.45, 2.75) is 44.2 Å². The molecule has 2 rings (SSSR count). The van der Waals surface area contributed by atoms with Crippen LogP contribution in [0.1, 0.15) is 44.7 Å². The largest absolute Gasteiger partial charge is 0.296 e. The number of pyridine rings is 1. The van der Waals surface area contributed by atoms with E-state index < -0.39 is 0 Å². The summed E-state index contributed by atoms with van der Waals surface area (Å²) < 4.78 is 0. The Morgan fingerprint density at radius 1 is 1.44 bits per heavy atom. The van der Waals surface area contributed by atoms with Crippen LogP contribution in [0, 0.1) is 5.92 Å². The minimum absolute atomic E-state index is 0.581. The highest BCUT2D eigenvalue weighted by atomic mass is 32.2. The van der Waals surface area contributed by atoms with Gasteiger partial charge in [-0.25, -0.2) is 4.98 Å². The van der Waals surface area contributed by atoms with E-state index in [0.29, 0.717) is 6.04 Å². The van der Waals surface area contributed by atoms with Crippen molar-refractivity contribution in [1.29, 1.82) is 0 Å². The van der Waals surface area contributed by atoms with Crippen LogP contribution in [-0.4, -0.2) is 29.2 Å². The standard InChI is InChI=1S/C15H24N2S/c1-12(2)11-17-10-5-4-8-14(17)13-7-6-9-16-15(13)18-3/h6-7,9,12,14H,4-5,8,10-11H2,1-3H3. The molecule has 0 aliphatic carbocycles. The fourth-order valence-electron chi connectivity index (χ4n) is 2.86. The lowest BCUT2D eigenvalue weighted by Crippen LogP contribution is -2.36. The summed E-state index contributed by atoms with van der Waals surface area (Å²) >= 11 is 1.77. The Labute approximate surface area is 115 Å². The zero-order valence-corrected chi connectivity index (χ0v) is 12.5. The number of hydrogen-bond donors (Lipinski definition) is 0. The molecule has 100 valence electrons. The van der Waals surface area contributed by atoms with Gasteiger partial charge in [0.15, 0.2) is 0 Å². The number of rotatable bonds is 4. The molecule has 1 saturated heterocycles. The zero-order chi connectivity index (χ0) is 13.0. The second-order valence-electron chi connectivity index (χ2n) is 5.50. The molecule has 0 radical (unpaired) electrons. The number of aromatic nitrogens is 1. The molecular weight excluding hydrogens is 240 g/mol. The van der Waals surface area contributed by atoms with E-state index in [9.17, 15) is 0 Å². The van der Waals surface area contributed by atoms with Crippen LogP contribution in [0.4, 0.5) is 0 Å². The molecule has 0 N–H and O–H groups in total. The highest BCUT2D eigenvalue weighted by molar-refractivity contribution is 7.98. The first-order valence-electron chi connectivity index (χ1n) is 6.95. The maximum Gasteiger partial charge on any atom is 0.100 e. The van der Waals surface area contributed by atoms with Crippen molar-refractivity contribution in [2.24, 2.45) is 5.92 Å². The van der Waals surface area contributed by atoms with Crippen LogP contribution in [-0.2, 0) is 0 Å². The van der Waals surface area contributed by atoms with Gasteiger partial charge in [0, 0.05) is 24.3 Å². The fourth-order valence-corrected chi connectivity index (χ4v) is 3.46. The summed E-state index contributed by atoms with van der Waals surface area (Å²) in [6.45, 7) is 7.06. The van der Waals surface area contributed by atoms with Gasteiger partial charge in [0.05, 0.1) is 0 Å². The quantitative estimate of drug-likeness (QED) is 0.765. The highest BCUT2D eigenvalue weighted by Gasteiger charge is 2.26. The first kappa shape index (κ1) is 13.9. The van der Waals surface area contributed by atoms with Crippen molar-refractivity contribution in [2.75, 3.05) is 19.3 Å². The van der Waals surface area contributed by atoms with Crippen LogP contribution in [0.25, 0.3) is 0 Å². The third-order valence-corrected chi connectivity index (χ3v) is 4.29. The Morgan fingerprint density at radius 3 is 3.00 bits per heavy atom. The molecule has 0 saturated carbocycles. The number of hydrogen-bond acceptors (Lipinski definition) is 3. The Morgan fingerprint density at radius 2 is 2.28 bits per heavy atom. The molecule has 1 aliphatic rings. The molecule has 1 unspecified atom stereocenters. The van der Waals surface area contributed by atoms with E-state index in [2.05, 4.69) is 42.1 Å². The van der Waals surface area contributed by atoms with Crippen molar-refractivity contribution in [3.63, 3.8) is 0 Å². The van der Waals surface area contributed by atoms with E-state index in [1.807, 2.05) is 6.20 Å². The predicted molar refractivity (Wildman–Crippen MR) is 79.0 cm³/mol. The Balaban J connectivity index is 2.22. The molecule has 2 heterocycles. The van der Waals surface area contributed by atoms with E-state index in [1.165, 1.54) is 42.9 Å². The van der Waals surface area contributed by atoms with E-state index >= 15 is 0 Å². The number of nitrogens with zero attached hydrogens (tertiary/aromatic N) is 2. The van der Waals surface area contributed by atoms with Gasteiger partial charge in [-0.2, -0.15) is 0 Å². The van der Waals surface area contributed by atoms with Gasteiger partial charge in [-0.05, 0) is 37.6 Å². The lowest BCUT2D eigenvalue weighted by atomic mass is 9.95. The average Bonchev–Trinajstić information content (AvgIpc) is 2.39. The average molecular weight is 264 g/mol. The molecule has 18 heavy (non-hydrogen) atoms. The summed E-state index contributed by atoms with van der Waals surface area (Å²) in [5.74, 6) is 0.736. The highest BCUT2D eigenvalue weighted by Crippen LogP contribution is 2.35. The van der Waals surface area contributed by atoms with Gasteiger partial charge < -0.3 is 0 Å². The first-order chi connectivity index (χ1) is 8.72. The number of thioether (sulfide) groups is 1. The van der Waals surface area contributed by atoms with E-state index in [0.717, 1.165) is 5.92 Å². The summed E-state index contributed by atoms with van der Waals surface area (Å²) in [6, 6.07) is 4.93. The molecule has 0 aromatic carbocycles. The maximum atomic E-state index is 4.52. The predicted octanol–water partition coefficient (Wildman–Crippen LogP) is 3.99. The lowest BCUT2D eigenvalue weighted by molar-refractivity contribution is 0.130. The van der Waals surface area contributed by atoms with Gasteiger partial charge in [-0.3, -0.25) is 4.90 Å². The minimum Gasteiger partial charge on any atom is -0.296 e. The fraction of sp³-hybridized carbons (Fsp3) is 0.667. The molecule has 1 atom stereocenters. The zero-order valence-electron chi connectivity index (χ0n) is 11.7. The van der Waals surface area contributed by atoms with Crippen LogP contribution in [0.15, 0.2) is 23.4 Å². The molecule has 1 fully saturated rings. The van der Waals surface area contributed by atoms with Gasteiger partial charge in [-0.1, -0.05) is 26.3 Å². The van der Waals surface area contributed by atoms with Crippen LogP contribution < -0.4 is 0 Å². The molecule has 1 aliphatic heterocycles. The summed E-state index contributed by atoms with van der Waals surface area (Å²) in [4.78, 5) is 7.18. The lowest BCUT2D eigenvalue weighted by Gasteiger charge is -2.37. The molecule has 1 aromatic heterocycles. The van der Waals surface area contributed by atoms with E-state index in [-0.39, 0.29) is 0 Å². The van der Waals surface area contributed by atoms with Crippen molar-refractivity contribution in [3.05, 3.63) is 23.9 Å². The summed E-state index contributed by atoms with van der Waals surface area (Å²) in [5.41, 5.74) is 1.44. The van der Waals surface area contributed by atoms with Crippen LogP contribution in [0.5, 0.6) is 0 Å². The Kier molecular flexibility index (Phi) is 5.07. The number of piperidine rings is 1. The van der Waals surface area contributed by atoms with E-state index in [4.69, 9.17) is 0 Å². The maximum absolute atomic E-state index is 4.52. The molecule has 0 amide bonds. The van der Waals surface area contributed by atoms with Crippen LogP contribution in [0.2, 0.25) is 0 Å². The van der Waals surface area contributed by atoms with Gasteiger partial charge in [0.1, 0.15) is 5.03 Å². The third kappa shape index (κ3) is 3.27. The second-order valence-corrected chi connectivity index (χ2v) is 6.30. The summed E-state index contributed by atoms with van der Waals surface area (Å²) in [6.07, 6.45) is 8.01. The molecule has 0 bridgehead atoms. The smallest absolute Gasteiger partial charge is 0.100 e. The molecule has 0 spiro atoms. The monoisotopic (exact) mass is 264 g/mol. The molecule has 2 nitrogen and oxygen atoms in total. The van der Waals surface area contributed by atoms with Crippen LogP contribution in [0.3, 0.4) is 0 Å².